The number of rotatable bonds is 4. The highest BCUT2D eigenvalue weighted by molar-refractivity contribution is 6.31. The molecule has 0 aliphatic heterocycles. The molecule has 0 aliphatic carbocycles. The molecule has 1 aromatic carbocycles. The molecule has 1 heterocycles. The maximum Gasteiger partial charge on any atom is 0.157 e. The Morgan fingerprint density at radius 2 is 2.29 bits per heavy atom. The molecule has 2 rings (SSSR count). The van der Waals surface area contributed by atoms with Crippen molar-refractivity contribution < 1.29 is 9.13 Å². The Kier molecular flexibility index (Phi) is 3.64. The highest BCUT2D eigenvalue weighted by Crippen LogP contribution is 2.21. The Labute approximate surface area is 104 Å². The van der Waals surface area contributed by atoms with E-state index in [1.165, 1.54) is 6.07 Å². The monoisotopic (exact) mass is 254 g/mol. The Hall–Kier alpha value is -1.55. The van der Waals surface area contributed by atoms with Gasteiger partial charge in [-0.05, 0) is 19.1 Å². The van der Waals surface area contributed by atoms with Crippen LogP contribution >= 0.6 is 11.6 Å². The molecular formula is C12H12ClFN2O. The molecule has 0 atom stereocenters. The Morgan fingerprint density at radius 3 is 2.94 bits per heavy atom. The van der Waals surface area contributed by atoms with Gasteiger partial charge >= 0.3 is 0 Å². The molecule has 17 heavy (non-hydrogen) atoms. The van der Waals surface area contributed by atoms with E-state index in [4.69, 9.17) is 16.3 Å². The number of aryl methyl sites for hydroxylation is 1. The lowest BCUT2D eigenvalue weighted by Gasteiger charge is -2.06. The second kappa shape index (κ2) is 5.19. The molecule has 5 heteroatoms. The maximum atomic E-state index is 13.4. The van der Waals surface area contributed by atoms with Crippen molar-refractivity contribution in [1.29, 1.82) is 0 Å². The van der Waals surface area contributed by atoms with Crippen molar-refractivity contribution in [3.8, 4) is 5.75 Å². The summed E-state index contributed by atoms with van der Waals surface area (Å²) in [7, 11) is 0. The normalized spacial score (nSPS) is 10.5. The van der Waals surface area contributed by atoms with Crippen LogP contribution in [0.1, 0.15) is 12.5 Å². The molecule has 0 amide bonds. The summed E-state index contributed by atoms with van der Waals surface area (Å²) >= 11 is 5.89. The van der Waals surface area contributed by atoms with E-state index in [-0.39, 0.29) is 12.4 Å². The van der Waals surface area contributed by atoms with Crippen molar-refractivity contribution in [2.45, 2.75) is 20.1 Å². The van der Waals surface area contributed by atoms with Crippen LogP contribution in [0, 0.1) is 5.82 Å². The molecule has 0 unspecified atom stereocenters. The lowest BCUT2D eigenvalue weighted by atomic mass is 10.2. The van der Waals surface area contributed by atoms with Crippen LogP contribution in [0.4, 0.5) is 4.39 Å². The van der Waals surface area contributed by atoms with Crippen LogP contribution in [0.15, 0.2) is 30.6 Å². The molecule has 3 nitrogen and oxygen atoms in total. The zero-order chi connectivity index (χ0) is 12.3. The SMILES string of the molecule is CCn1cc(OCc2c(F)cccc2Cl)cn1. The fraction of sp³-hybridized carbons (Fsp3) is 0.250. The zero-order valence-electron chi connectivity index (χ0n) is 9.36. The van der Waals surface area contributed by atoms with Gasteiger partial charge in [-0.1, -0.05) is 17.7 Å². The predicted molar refractivity (Wildman–Crippen MR) is 63.6 cm³/mol. The van der Waals surface area contributed by atoms with Crippen LogP contribution in [-0.2, 0) is 13.2 Å². The van der Waals surface area contributed by atoms with Crippen molar-refractivity contribution in [2.75, 3.05) is 0 Å². The van der Waals surface area contributed by atoms with Crippen LogP contribution in [0.25, 0.3) is 0 Å². The largest absolute Gasteiger partial charge is 0.485 e. The third kappa shape index (κ3) is 2.77. The summed E-state index contributed by atoms with van der Waals surface area (Å²) in [6.45, 7) is 2.84. The molecule has 0 radical (unpaired) electrons. The van der Waals surface area contributed by atoms with Crippen molar-refractivity contribution >= 4 is 11.6 Å². The van der Waals surface area contributed by atoms with Crippen LogP contribution in [0.3, 0.4) is 0 Å². The average Bonchev–Trinajstić information content (AvgIpc) is 2.76. The van der Waals surface area contributed by atoms with E-state index in [1.807, 2.05) is 6.92 Å². The summed E-state index contributed by atoms with van der Waals surface area (Å²) in [6.07, 6.45) is 3.35. The zero-order valence-corrected chi connectivity index (χ0v) is 10.1. The molecule has 0 saturated carbocycles. The van der Waals surface area contributed by atoms with E-state index < -0.39 is 0 Å². The van der Waals surface area contributed by atoms with Gasteiger partial charge in [0.15, 0.2) is 5.75 Å². The summed E-state index contributed by atoms with van der Waals surface area (Å²) in [5.41, 5.74) is 0.360. The van der Waals surface area contributed by atoms with Gasteiger partial charge in [0, 0.05) is 12.1 Å². The second-order valence-corrected chi connectivity index (χ2v) is 3.93. The molecule has 0 N–H and O–H groups in total. The lowest BCUT2D eigenvalue weighted by Crippen LogP contribution is -1.99. The van der Waals surface area contributed by atoms with Gasteiger partial charge in [0.25, 0.3) is 0 Å². The van der Waals surface area contributed by atoms with E-state index in [0.717, 1.165) is 6.54 Å². The quantitative estimate of drug-likeness (QED) is 0.837. The van der Waals surface area contributed by atoms with Crippen molar-refractivity contribution in [2.24, 2.45) is 0 Å². The molecule has 0 saturated heterocycles. The maximum absolute atomic E-state index is 13.4. The number of aromatic nitrogens is 2. The highest BCUT2D eigenvalue weighted by Gasteiger charge is 2.08. The number of nitrogens with zero attached hydrogens (tertiary/aromatic N) is 2. The van der Waals surface area contributed by atoms with Gasteiger partial charge in [-0.15, -0.1) is 0 Å². The van der Waals surface area contributed by atoms with E-state index in [2.05, 4.69) is 5.10 Å². The van der Waals surface area contributed by atoms with Gasteiger partial charge in [-0.2, -0.15) is 5.10 Å². The summed E-state index contributed by atoms with van der Waals surface area (Å²) in [5, 5.41) is 4.43. The van der Waals surface area contributed by atoms with Gasteiger partial charge in [0.05, 0.1) is 17.4 Å². The van der Waals surface area contributed by atoms with Gasteiger partial charge in [0.2, 0.25) is 0 Å². The molecule has 0 bridgehead atoms. The van der Waals surface area contributed by atoms with Crippen molar-refractivity contribution in [3.63, 3.8) is 0 Å². The van der Waals surface area contributed by atoms with Crippen LogP contribution in [0.5, 0.6) is 5.75 Å². The number of ether oxygens (including phenoxy) is 1. The third-order valence-corrected chi connectivity index (χ3v) is 2.73. The summed E-state index contributed by atoms with van der Waals surface area (Å²) in [4.78, 5) is 0. The minimum absolute atomic E-state index is 0.0981. The molecule has 0 fully saturated rings. The highest BCUT2D eigenvalue weighted by atomic mass is 35.5. The molecule has 0 aliphatic rings. The molecule has 1 aromatic heterocycles. The first kappa shape index (κ1) is 11.9. The summed E-state index contributed by atoms with van der Waals surface area (Å²) in [6, 6.07) is 4.56. The van der Waals surface area contributed by atoms with Gasteiger partial charge in [-0.3, -0.25) is 4.68 Å². The first-order valence-electron chi connectivity index (χ1n) is 5.29. The first-order chi connectivity index (χ1) is 8.20. The minimum atomic E-state index is -0.361. The summed E-state index contributed by atoms with van der Waals surface area (Å²) in [5.74, 6) is 0.242. The predicted octanol–water partition coefficient (Wildman–Crippen LogP) is 3.27. The van der Waals surface area contributed by atoms with Crippen LogP contribution in [-0.4, -0.2) is 9.78 Å². The van der Waals surface area contributed by atoms with Crippen molar-refractivity contribution in [1.82, 2.24) is 9.78 Å². The Bertz CT molecular complexity index is 493. The topological polar surface area (TPSA) is 27.1 Å². The fourth-order valence-electron chi connectivity index (χ4n) is 1.42. The van der Waals surface area contributed by atoms with E-state index in [0.29, 0.717) is 16.3 Å². The van der Waals surface area contributed by atoms with Gasteiger partial charge < -0.3 is 4.74 Å². The van der Waals surface area contributed by atoms with Crippen LogP contribution < -0.4 is 4.74 Å². The summed E-state index contributed by atoms with van der Waals surface area (Å²) < 4.78 is 20.6. The van der Waals surface area contributed by atoms with Crippen molar-refractivity contribution in [3.05, 3.63) is 47.0 Å². The Balaban J connectivity index is 2.07. The molecule has 0 spiro atoms. The third-order valence-electron chi connectivity index (χ3n) is 2.38. The second-order valence-electron chi connectivity index (χ2n) is 3.52. The molecular weight excluding hydrogens is 243 g/mol. The fourth-order valence-corrected chi connectivity index (χ4v) is 1.64. The molecule has 90 valence electrons. The van der Waals surface area contributed by atoms with Gasteiger partial charge in [-0.25, -0.2) is 4.39 Å². The lowest BCUT2D eigenvalue weighted by molar-refractivity contribution is 0.299. The number of benzene rings is 1. The minimum Gasteiger partial charge on any atom is -0.485 e. The smallest absolute Gasteiger partial charge is 0.157 e. The average molecular weight is 255 g/mol. The standard InChI is InChI=1S/C12H12ClFN2O/c1-2-16-7-9(6-15-16)17-8-10-11(13)4-3-5-12(10)14/h3-7H,2,8H2,1H3. The Morgan fingerprint density at radius 1 is 1.47 bits per heavy atom. The van der Waals surface area contributed by atoms with E-state index in [1.54, 1.807) is 29.2 Å². The van der Waals surface area contributed by atoms with Gasteiger partial charge in [0.1, 0.15) is 12.4 Å². The number of hydrogen-bond donors (Lipinski definition) is 0. The first-order valence-corrected chi connectivity index (χ1v) is 5.66. The van der Waals surface area contributed by atoms with Crippen LogP contribution in [0.2, 0.25) is 5.02 Å². The van der Waals surface area contributed by atoms with E-state index >= 15 is 0 Å². The molecule has 2 aromatic rings. The number of halogens is 2. The van der Waals surface area contributed by atoms with E-state index in [9.17, 15) is 4.39 Å². The number of hydrogen-bond acceptors (Lipinski definition) is 2.